The van der Waals surface area contributed by atoms with Crippen LogP contribution in [0.2, 0.25) is 0 Å². The van der Waals surface area contributed by atoms with E-state index in [4.69, 9.17) is 0 Å². The fourth-order valence-corrected chi connectivity index (χ4v) is 8.19. The largest absolute Gasteiger partial charge is 0.310 e. The van der Waals surface area contributed by atoms with Gasteiger partial charge in [0.05, 0.1) is 5.69 Å². The van der Waals surface area contributed by atoms with Gasteiger partial charge >= 0.3 is 0 Å². The van der Waals surface area contributed by atoms with Gasteiger partial charge in [-0.05, 0) is 121 Å². The molecule has 0 bridgehead atoms. The van der Waals surface area contributed by atoms with E-state index in [-0.39, 0.29) is 0 Å². The van der Waals surface area contributed by atoms with E-state index in [2.05, 4.69) is 217 Å². The molecule has 0 atom stereocenters. The van der Waals surface area contributed by atoms with Gasteiger partial charge in [0.15, 0.2) is 0 Å². The molecule has 0 amide bonds. The van der Waals surface area contributed by atoms with Gasteiger partial charge in [-0.15, -0.1) is 0 Å². The van der Waals surface area contributed by atoms with Crippen LogP contribution in [0.1, 0.15) is 11.1 Å². The van der Waals surface area contributed by atoms with Crippen molar-refractivity contribution in [3.8, 4) is 55.6 Å². The van der Waals surface area contributed by atoms with Crippen LogP contribution >= 0.6 is 0 Å². The van der Waals surface area contributed by atoms with Crippen LogP contribution in [-0.4, -0.2) is 0 Å². The van der Waals surface area contributed by atoms with E-state index in [1.54, 1.807) is 0 Å². The molecular weight excluding hydrogens is 651 g/mol. The highest BCUT2D eigenvalue weighted by molar-refractivity contribution is 5.99. The summed E-state index contributed by atoms with van der Waals surface area (Å²) in [6.07, 6.45) is 0.997. The van der Waals surface area contributed by atoms with Crippen molar-refractivity contribution in [2.45, 2.75) is 6.42 Å². The average molecular weight is 688 g/mol. The Morgan fingerprint density at radius 3 is 1.59 bits per heavy atom. The fourth-order valence-electron chi connectivity index (χ4n) is 8.19. The number of fused-ring (bicyclic) bond motifs is 4. The summed E-state index contributed by atoms with van der Waals surface area (Å²) >= 11 is 0. The Hall–Kier alpha value is -6.96. The third-order valence-electron chi connectivity index (χ3n) is 10.9. The van der Waals surface area contributed by atoms with E-state index < -0.39 is 0 Å². The quantitative estimate of drug-likeness (QED) is 0.161. The minimum absolute atomic E-state index is 0.997. The molecule has 0 fully saturated rings. The molecule has 0 aromatic heterocycles. The third kappa shape index (κ3) is 5.77. The molecule has 254 valence electrons. The first-order chi connectivity index (χ1) is 26.8. The molecule has 0 unspecified atom stereocenters. The Balaban J connectivity index is 1.06. The van der Waals surface area contributed by atoms with Crippen molar-refractivity contribution in [1.29, 1.82) is 0 Å². The van der Waals surface area contributed by atoms with Crippen LogP contribution < -0.4 is 4.90 Å². The number of benzene rings is 9. The lowest BCUT2D eigenvalue weighted by Gasteiger charge is -2.27. The molecule has 0 N–H and O–H groups in total. The van der Waals surface area contributed by atoms with Crippen LogP contribution in [0.25, 0.3) is 66.4 Å². The van der Waals surface area contributed by atoms with Crippen molar-refractivity contribution in [1.82, 2.24) is 0 Å². The van der Waals surface area contributed by atoms with Gasteiger partial charge in [-0.25, -0.2) is 0 Å². The summed E-state index contributed by atoms with van der Waals surface area (Å²) in [5, 5.41) is 2.44. The molecule has 1 heteroatoms. The molecule has 0 aliphatic heterocycles. The lowest BCUT2D eigenvalue weighted by molar-refractivity contribution is 1.26. The minimum atomic E-state index is 0.997. The second-order valence-corrected chi connectivity index (χ2v) is 14.1. The average Bonchev–Trinajstić information content (AvgIpc) is 3.63. The highest BCUT2D eigenvalue weighted by atomic mass is 15.1. The summed E-state index contributed by atoms with van der Waals surface area (Å²) in [6.45, 7) is 0. The standard InChI is InChI=1S/C53H37N/c1-3-12-37(13-4-1)38-24-29-46(30-25-38)54(53-21-11-18-41-16-7-10-20-50(41)53)47-31-26-39(27-32-47)42-28-33-49(40-14-5-2-6-15-40)51(35-42)45-23-22-44-34-43-17-8-9-19-48(43)52(44)36-45/h1-33,35-36H,34H2. The molecule has 9 aromatic rings. The molecule has 10 rings (SSSR count). The van der Waals surface area contributed by atoms with Gasteiger partial charge in [-0.1, -0.05) is 170 Å². The number of hydrogen-bond acceptors (Lipinski definition) is 1. The summed E-state index contributed by atoms with van der Waals surface area (Å²) in [7, 11) is 0. The van der Waals surface area contributed by atoms with E-state index in [0.29, 0.717) is 0 Å². The summed E-state index contributed by atoms with van der Waals surface area (Å²) in [5.74, 6) is 0. The molecular formula is C53H37N. The van der Waals surface area contributed by atoms with Crippen LogP contribution in [-0.2, 0) is 6.42 Å². The highest BCUT2D eigenvalue weighted by Gasteiger charge is 2.20. The van der Waals surface area contributed by atoms with Crippen molar-refractivity contribution in [3.05, 3.63) is 223 Å². The van der Waals surface area contributed by atoms with Crippen molar-refractivity contribution < 1.29 is 0 Å². The van der Waals surface area contributed by atoms with Crippen LogP contribution in [0, 0.1) is 0 Å². The number of anilines is 3. The topological polar surface area (TPSA) is 3.24 Å². The zero-order chi connectivity index (χ0) is 35.8. The number of rotatable bonds is 7. The molecule has 0 heterocycles. The lowest BCUT2D eigenvalue weighted by Crippen LogP contribution is -2.10. The Labute approximate surface area is 317 Å². The van der Waals surface area contributed by atoms with Gasteiger partial charge in [-0.3, -0.25) is 0 Å². The summed E-state index contributed by atoms with van der Waals surface area (Å²) in [4.78, 5) is 2.38. The van der Waals surface area contributed by atoms with Crippen LogP contribution in [0.4, 0.5) is 17.1 Å². The predicted molar refractivity (Wildman–Crippen MR) is 229 cm³/mol. The van der Waals surface area contributed by atoms with Gasteiger partial charge in [0.25, 0.3) is 0 Å². The van der Waals surface area contributed by atoms with Gasteiger partial charge in [0.1, 0.15) is 0 Å². The SMILES string of the molecule is c1ccc(-c2ccc(N(c3ccc(-c4ccc(-c5ccccc5)c(-c5ccc6c(c5)-c5ccccc5C6)c4)cc3)c3cccc4ccccc34)cc2)cc1. The zero-order valence-corrected chi connectivity index (χ0v) is 29.9. The highest BCUT2D eigenvalue weighted by Crippen LogP contribution is 2.43. The van der Waals surface area contributed by atoms with E-state index in [0.717, 1.165) is 23.5 Å². The molecule has 9 aromatic carbocycles. The first-order valence-electron chi connectivity index (χ1n) is 18.7. The summed E-state index contributed by atoms with van der Waals surface area (Å²) in [6, 6.07) is 77.4. The molecule has 1 nitrogen and oxygen atoms in total. The summed E-state index contributed by atoms with van der Waals surface area (Å²) in [5.41, 5.74) is 18.6. The molecule has 54 heavy (non-hydrogen) atoms. The van der Waals surface area contributed by atoms with Crippen LogP contribution in [0.3, 0.4) is 0 Å². The van der Waals surface area contributed by atoms with Crippen molar-refractivity contribution >= 4 is 27.8 Å². The zero-order valence-electron chi connectivity index (χ0n) is 29.9. The molecule has 0 saturated heterocycles. The maximum absolute atomic E-state index is 2.40. The minimum Gasteiger partial charge on any atom is -0.310 e. The monoisotopic (exact) mass is 687 g/mol. The maximum atomic E-state index is 2.40. The maximum Gasteiger partial charge on any atom is 0.0540 e. The molecule has 0 saturated carbocycles. The van der Waals surface area contributed by atoms with E-state index >= 15 is 0 Å². The second kappa shape index (κ2) is 13.5. The molecule has 0 radical (unpaired) electrons. The van der Waals surface area contributed by atoms with E-state index in [9.17, 15) is 0 Å². The normalized spacial score (nSPS) is 11.6. The lowest BCUT2D eigenvalue weighted by atomic mass is 9.89. The Morgan fingerprint density at radius 1 is 0.296 bits per heavy atom. The second-order valence-electron chi connectivity index (χ2n) is 14.1. The molecule has 1 aliphatic rings. The molecule has 1 aliphatic carbocycles. The van der Waals surface area contributed by atoms with Crippen molar-refractivity contribution in [2.75, 3.05) is 4.90 Å². The number of nitrogens with zero attached hydrogens (tertiary/aromatic N) is 1. The third-order valence-corrected chi connectivity index (χ3v) is 10.9. The van der Waals surface area contributed by atoms with Crippen LogP contribution in [0.5, 0.6) is 0 Å². The van der Waals surface area contributed by atoms with E-state index in [1.165, 1.54) is 77.5 Å². The van der Waals surface area contributed by atoms with Crippen molar-refractivity contribution in [3.63, 3.8) is 0 Å². The fraction of sp³-hybridized carbons (Fsp3) is 0.0189. The summed E-state index contributed by atoms with van der Waals surface area (Å²) < 4.78 is 0. The van der Waals surface area contributed by atoms with Gasteiger partial charge in [-0.2, -0.15) is 0 Å². The Kier molecular flexibility index (Phi) is 7.96. The molecule has 0 spiro atoms. The smallest absolute Gasteiger partial charge is 0.0540 e. The van der Waals surface area contributed by atoms with E-state index in [1.807, 2.05) is 0 Å². The van der Waals surface area contributed by atoms with Gasteiger partial charge in [0.2, 0.25) is 0 Å². The first kappa shape index (κ1) is 31.7. The predicted octanol–water partition coefficient (Wildman–Crippen LogP) is 14.5. The van der Waals surface area contributed by atoms with Gasteiger partial charge < -0.3 is 4.90 Å². The number of hydrogen-bond donors (Lipinski definition) is 0. The Morgan fingerprint density at radius 2 is 0.833 bits per heavy atom. The Bertz CT molecular complexity index is 2760. The van der Waals surface area contributed by atoms with Gasteiger partial charge in [0, 0.05) is 16.8 Å². The van der Waals surface area contributed by atoms with Crippen molar-refractivity contribution in [2.24, 2.45) is 0 Å². The first-order valence-corrected chi connectivity index (χ1v) is 18.7. The van der Waals surface area contributed by atoms with Crippen LogP contribution in [0.15, 0.2) is 212 Å².